The number of rotatable bonds is 9. The van der Waals surface area contributed by atoms with Crippen LogP contribution in [0.3, 0.4) is 0 Å². The molecule has 2 rings (SSSR count). The summed E-state index contributed by atoms with van der Waals surface area (Å²) in [6.45, 7) is 2.75. The van der Waals surface area contributed by atoms with Gasteiger partial charge < -0.3 is 20.1 Å². The Morgan fingerprint density at radius 1 is 0.900 bits per heavy atom. The number of methoxy groups -OCH3 is 1. The summed E-state index contributed by atoms with van der Waals surface area (Å²) in [7, 11) is 1.52. The number of carbonyl (C=O) groups excluding carboxylic acids is 4. The fourth-order valence-corrected chi connectivity index (χ4v) is 2.30. The molecule has 2 N–H and O–H groups in total. The van der Waals surface area contributed by atoms with Crippen LogP contribution in [-0.4, -0.2) is 43.8 Å². The third-order valence-corrected chi connectivity index (χ3v) is 4.11. The number of nitrogens with one attached hydrogen (secondary N) is 2. The lowest BCUT2D eigenvalue weighted by atomic mass is 10.1. The molecule has 0 aromatic heterocycles. The zero-order valence-corrected chi connectivity index (χ0v) is 17.1. The minimum atomic E-state index is -0.731. The van der Waals surface area contributed by atoms with Gasteiger partial charge in [0.1, 0.15) is 12.3 Å². The van der Waals surface area contributed by atoms with Crippen molar-refractivity contribution < 1.29 is 28.7 Å². The van der Waals surface area contributed by atoms with Gasteiger partial charge in [-0.1, -0.05) is 13.8 Å². The van der Waals surface area contributed by atoms with Crippen molar-refractivity contribution in [2.45, 2.75) is 13.8 Å². The Labute approximate surface area is 174 Å². The van der Waals surface area contributed by atoms with E-state index < -0.39 is 24.3 Å². The second-order valence-electron chi connectivity index (χ2n) is 6.72. The normalized spacial score (nSPS) is 10.3. The largest absolute Gasteiger partial charge is 0.497 e. The number of ketones is 1. The van der Waals surface area contributed by atoms with E-state index in [0.717, 1.165) is 0 Å². The lowest BCUT2D eigenvalue weighted by Gasteiger charge is -2.09. The molecule has 0 fully saturated rings. The molecule has 0 atom stereocenters. The number of esters is 1. The fraction of sp³-hybridized carbons (Fsp3) is 0.273. The first kappa shape index (κ1) is 22.6. The van der Waals surface area contributed by atoms with Crippen molar-refractivity contribution in [3.63, 3.8) is 0 Å². The molecule has 0 aliphatic rings. The monoisotopic (exact) mass is 412 g/mol. The fourth-order valence-electron chi connectivity index (χ4n) is 2.30. The maximum Gasteiger partial charge on any atom is 0.325 e. The highest BCUT2D eigenvalue weighted by Gasteiger charge is 2.13. The average Bonchev–Trinajstić information content (AvgIpc) is 2.76. The van der Waals surface area contributed by atoms with Crippen molar-refractivity contribution in [2.75, 3.05) is 25.6 Å². The van der Waals surface area contributed by atoms with E-state index in [1.54, 1.807) is 50.2 Å². The third kappa shape index (κ3) is 6.73. The van der Waals surface area contributed by atoms with Crippen LogP contribution < -0.4 is 15.4 Å². The quantitative estimate of drug-likeness (QED) is 0.483. The van der Waals surface area contributed by atoms with Crippen LogP contribution in [0.15, 0.2) is 48.5 Å². The number of hydrogen-bond donors (Lipinski definition) is 2. The maximum absolute atomic E-state index is 12.1. The van der Waals surface area contributed by atoms with E-state index in [4.69, 9.17) is 9.47 Å². The zero-order valence-electron chi connectivity index (χ0n) is 17.1. The number of hydrogen-bond acceptors (Lipinski definition) is 6. The molecule has 158 valence electrons. The van der Waals surface area contributed by atoms with Gasteiger partial charge in [-0.05, 0) is 48.5 Å². The van der Waals surface area contributed by atoms with Crippen molar-refractivity contribution in [1.82, 2.24) is 5.32 Å². The Balaban J connectivity index is 1.77. The topological polar surface area (TPSA) is 111 Å². The van der Waals surface area contributed by atoms with Crippen LogP contribution in [0.1, 0.15) is 34.6 Å². The number of ether oxygens (including phenoxy) is 2. The van der Waals surface area contributed by atoms with E-state index in [9.17, 15) is 19.2 Å². The summed E-state index contributed by atoms with van der Waals surface area (Å²) in [5, 5.41) is 5.15. The molecule has 8 heteroatoms. The molecule has 0 unspecified atom stereocenters. The van der Waals surface area contributed by atoms with E-state index >= 15 is 0 Å². The predicted molar refractivity (Wildman–Crippen MR) is 111 cm³/mol. The van der Waals surface area contributed by atoms with Gasteiger partial charge in [0.05, 0.1) is 7.11 Å². The molecule has 2 aromatic rings. The predicted octanol–water partition coefficient (Wildman–Crippen LogP) is 2.45. The summed E-state index contributed by atoms with van der Waals surface area (Å²) in [5.41, 5.74) is 1.28. The Kier molecular flexibility index (Phi) is 8.10. The van der Waals surface area contributed by atoms with Crippen LogP contribution in [0, 0.1) is 5.92 Å². The van der Waals surface area contributed by atoms with Gasteiger partial charge in [0, 0.05) is 22.7 Å². The summed E-state index contributed by atoms with van der Waals surface area (Å²) < 4.78 is 9.93. The van der Waals surface area contributed by atoms with Crippen LogP contribution in [0.4, 0.5) is 5.69 Å². The molecule has 0 radical (unpaired) electrons. The van der Waals surface area contributed by atoms with Gasteiger partial charge in [-0.3, -0.25) is 19.2 Å². The number of benzene rings is 2. The van der Waals surface area contributed by atoms with Crippen LogP contribution in [0.25, 0.3) is 0 Å². The van der Waals surface area contributed by atoms with Gasteiger partial charge in [0.15, 0.2) is 12.4 Å². The van der Waals surface area contributed by atoms with E-state index in [-0.39, 0.29) is 18.4 Å². The lowest BCUT2D eigenvalue weighted by Crippen LogP contribution is -2.31. The first-order valence-corrected chi connectivity index (χ1v) is 9.32. The Morgan fingerprint density at radius 2 is 1.50 bits per heavy atom. The van der Waals surface area contributed by atoms with Gasteiger partial charge in [0.25, 0.3) is 5.91 Å². The maximum atomic E-state index is 12.1. The zero-order chi connectivity index (χ0) is 22.1. The number of anilines is 1. The van der Waals surface area contributed by atoms with Crippen molar-refractivity contribution in [3.8, 4) is 5.75 Å². The second-order valence-corrected chi connectivity index (χ2v) is 6.72. The molecule has 30 heavy (non-hydrogen) atoms. The van der Waals surface area contributed by atoms with Crippen molar-refractivity contribution >= 4 is 29.3 Å². The molecular weight excluding hydrogens is 388 g/mol. The van der Waals surface area contributed by atoms with E-state index in [1.807, 2.05) is 0 Å². The minimum Gasteiger partial charge on any atom is -0.497 e. The van der Waals surface area contributed by atoms with Gasteiger partial charge in [-0.2, -0.15) is 0 Å². The Bertz CT molecular complexity index is 904. The van der Waals surface area contributed by atoms with Crippen LogP contribution in [0.2, 0.25) is 0 Å². The first-order chi connectivity index (χ1) is 14.3. The SMILES string of the molecule is COc1ccc(C(=O)NCC(=O)OCC(=O)c2ccc(NC(=O)C(C)C)cc2)cc1. The summed E-state index contributed by atoms with van der Waals surface area (Å²) in [6.07, 6.45) is 0. The lowest BCUT2D eigenvalue weighted by molar-refractivity contribution is -0.141. The summed E-state index contributed by atoms with van der Waals surface area (Å²) in [5.74, 6) is -1.24. The number of Topliss-reactive ketones (excluding diaryl/α,β-unsaturated/α-hetero) is 1. The summed E-state index contributed by atoms with van der Waals surface area (Å²) >= 11 is 0. The molecular formula is C22H24N2O6. The van der Waals surface area contributed by atoms with E-state index in [2.05, 4.69) is 10.6 Å². The number of carbonyl (C=O) groups is 4. The first-order valence-electron chi connectivity index (χ1n) is 9.32. The smallest absolute Gasteiger partial charge is 0.325 e. The van der Waals surface area contributed by atoms with Crippen LogP contribution in [0.5, 0.6) is 5.75 Å². The highest BCUT2D eigenvalue weighted by Crippen LogP contribution is 2.12. The molecule has 0 spiro atoms. The van der Waals surface area contributed by atoms with Gasteiger partial charge in [-0.15, -0.1) is 0 Å². The molecule has 0 aliphatic carbocycles. The standard InChI is InChI=1S/C22H24N2O6/c1-14(2)21(27)24-17-8-4-15(5-9-17)19(25)13-30-20(26)12-23-22(28)16-6-10-18(29-3)11-7-16/h4-11,14H,12-13H2,1-3H3,(H,23,28)(H,24,27). The Hall–Kier alpha value is -3.68. The second kappa shape index (κ2) is 10.8. The minimum absolute atomic E-state index is 0.125. The van der Waals surface area contributed by atoms with Gasteiger partial charge in [-0.25, -0.2) is 0 Å². The van der Waals surface area contributed by atoms with Crippen molar-refractivity contribution in [3.05, 3.63) is 59.7 Å². The molecule has 8 nitrogen and oxygen atoms in total. The Morgan fingerprint density at radius 3 is 2.07 bits per heavy atom. The highest BCUT2D eigenvalue weighted by molar-refractivity contribution is 5.99. The molecule has 0 saturated heterocycles. The molecule has 0 aliphatic heterocycles. The molecule has 2 aromatic carbocycles. The van der Waals surface area contributed by atoms with E-state index in [0.29, 0.717) is 22.6 Å². The average molecular weight is 412 g/mol. The third-order valence-electron chi connectivity index (χ3n) is 4.11. The molecule has 0 heterocycles. The molecule has 0 saturated carbocycles. The van der Waals surface area contributed by atoms with Crippen LogP contribution >= 0.6 is 0 Å². The summed E-state index contributed by atoms with van der Waals surface area (Å²) in [6, 6.07) is 12.7. The van der Waals surface area contributed by atoms with Gasteiger partial charge in [0.2, 0.25) is 5.91 Å². The number of amides is 2. The summed E-state index contributed by atoms with van der Waals surface area (Å²) in [4.78, 5) is 47.6. The molecule has 2 amide bonds. The highest BCUT2D eigenvalue weighted by atomic mass is 16.5. The molecule has 0 bridgehead atoms. The van der Waals surface area contributed by atoms with E-state index in [1.165, 1.54) is 19.2 Å². The van der Waals surface area contributed by atoms with Gasteiger partial charge >= 0.3 is 5.97 Å². The van der Waals surface area contributed by atoms with Crippen molar-refractivity contribution in [2.24, 2.45) is 5.92 Å². The van der Waals surface area contributed by atoms with Crippen molar-refractivity contribution in [1.29, 1.82) is 0 Å². The van der Waals surface area contributed by atoms with Crippen LogP contribution in [-0.2, 0) is 14.3 Å².